The first-order valence-corrected chi connectivity index (χ1v) is 7.47. The molecule has 0 bridgehead atoms. The number of hydrogen-bond donors (Lipinski definition) is 1. The van der Waals surface area contributed by atoms with Crippen LogP contribution in [-0.4, -0.2) is 18.0 Å². The molecular formula is C11H23FO3S. The van der Waals surface area contributed by atoms with E-state index in [1.807, 2.05) is 13.8 Å². The molecule has 0 saturated carbocycles. The Morgan fingerprint density at radius 2 is 1.50 bits per heavy atom. The lowest BCUT2D eigenvalue weighted by Crippen LogP contribution is -2.33. The number of halogens is 1. The fraction of sp³-hybridized carbons (Fsp3) is 1.00. The van der Waals surface area contributed by atoms with Crippen LogP contribution in [0.3, 0.4) is 0 Å². The first kappa shape index (κ1) is 15.8. The Bertz CT molecular complexity index is 277. The highest BCUT2D eigenvalue weighted by Gasteiger charge is 2.41. The molecule has 0 aromatic carbocycles. The monoisotopic (exact) mass is 254 g/mol. The smallest absolute Gasteiger partial charge is 0.283 e. The predicted octanol–water partition coefficient (Wildman–Crippen LogP) is 3.70. The van der Waals surface area contributed by atoms with Gasteiger partial charge in [0.1, 0.15) is 0 Å². The topological polar surface area (TPSA) is 54.4 Å². The van der Waals surface area contributed by atoms with Crippen LogP contribution in [0, 0.1) is 0 Å². The molecule has 1 N–H and O–H groups in total. The lowest BCUT2D eigenvalue weighted by molar-refractivity contribution is 0.204. The van der Waals surface area contributed by atoms with Gasteiger partial charge < -0.3 is 0 Å². The maximum Gasteiger partial charge on any atom is 0.300 e. The van der Waals surface area contributed by atoms with Gasteiger partial charge in [0.05, 0.1) is 0 Å². The molecular weight excluding hydrogens is 231 g/mol. The van der Waals surface area contributed by atoms with Crippen molar-refractivity contribution in [2.75, 3.05) is 0 Å². The van der Waals surface area contributed by atoms with Gasteiger partial charge in [-0.25, -0.2) is 4.39 Å². The van der Waals surface area contributed by atoms with Crippen molar-refractivity contribution in [2.24, 2.45) is 0 Å². The largest absolute Gasteiger partial charge is 0.300 e. The zero-order valence-corrected chi connectivity index (χ0v) is 11.0. The minimum absolute atomic E-state index is 0.0914. The number of rotatable bonds is 9. The maximum atomic E-state index is 14.1. The van der Waals surface area contributed by atoms with Gasteiger partial charge in [-0.05, 0) is 25.7 Å². The lowest BCUT2D eigenvalue weighted by Gasteiger charge is -2.21. The first-order chi connectivity index (χ1) is 7.37. The first-order valence-electron chi connectivity index (χ1n) is 6.03. The van der Waals surface area contributed by atoms with Crippen LogP contribution in [0.5, 0.6) is 0 Å². The highest BCUT2D eigenvalue weighted by molar-refractivity contribution is 7.87. The molecule has 0 aliphatic carbocycles. The average Bonchev–Trinajstić information content (AvgIpc) is 2.20. The van der Waals surface area contributed by atoms with Gasteiger partial charge in [0, 0.05) is 0 Å². The van der Waals surface area contributed by atoms with Gasteiger partial charge in [-0.1, -0.05) is 39.5 Å². The van der Waals surface area contributed by atoms with Crippen molar-refractivity contribution in [3.63, 3.8) is 0 Å². The van der Waals surface area contributed by atoms with Gasteiger partial charge in [0.25, 0.3) is 10.1 Å². The van der Waals surface area contributed by atoms with Crippen molar-refractivity contribution in [2.45, 2.75) is 70.2 Å². The summed E-state index contributed by atoms with van der Waals surface area (Å²) in [5, 5.41) is -2.43. The van der Waals surface area contributed by atoms with Crippen molar-refractivity contribution < 1.29 is 17.4 Å². The van der Waals surface area contributed by atoms with Gasteiger partial charge in [0.15, 0.2) is 0 Å². The Balaban J connectivity index is 4.32. The second kappa shape index (κ2) is 7.22. The SMILES string of the molecule is CCCCCCC(F)(CCCC)S(=O)(=O)O. The van der Waals surface area contributed by atoms with E-state index in [4.69, 9.17) is 4.55 Å². The summed E-state index contributed by atoms with van der Waals surface area (Å²) < 4.78 is 45.0. The third-order valence-electron chi connectivity index (χ3n) is 2.77. The third-order valence-corrected chi connectivity index (χ3v) is 4.10. The van der Waals surface area contributed by atoms with E-state index < -0.39 is 15.1 Å². The predicted molar refractivity (Wildman–Crippen MR) is 63.7 cm³/mol. The van der Waals surface area contributed by atoms with Crippen molar-refractivity contribution in [3.8, 4) is 0 Å². The van der Waals surface area contributed by atoms with Crippen LogP contribution >= 0.6 is 0 Å². The van der Waals surface area contributed by atoms with Gasteiger partial charge in [0.2, 0.25) is 5.00 Å². The van der Waals surface area contributed by atoms with E-state index in [0.717, 1.165) is 25.7 Å². The molecule has 0 aliphatic heterocycles. The molecule has 0 aromatic heterocycles. The summed E-state index contributed by atoms with van der Waals surface area (Å²) in [5.41, 5.74) is 0. The molecule has 16 heavy (non-hydrogen) atoms. The summed E-state index contributed by atoms with van der Waals surface area (Å²) >= 11 is 0. The quantitative estimate of drug-likeness (QED) is 0.504. The molecule has 0 spiro atoms. The molecule has 0 saturated heterocycles. The van der Waals surface area contributed by atoms with Crippen molar-refractivity contribution in [3.05, 3.63) is 0 Å². The van der Waals surface area contributed by atoms with E-state index in [9.17, 15) is 12.8 Å². The van der Waals surface area contributed by atoms with Crippen LogP contribution in [-0.2, 0) is 10.1 Å². The van der Waals surface area contributed by atoms with E-state index >= 15 is 0 Å². The molecule has 0 heterocycles. The Hall–Kier alpha value is -0.160. The van der Waals surface area contributed by atoms with Gasteiger partial charge >= 0.3 is 0 Å². The maximum absolute atomic E-state index is 14.1. The van der Waals surface area contributed by atoms with Crippen molar-refractivity contribution in [1.29, 1.82) is 0 Å². The highest BCUT2D eigenvalue weighted by atomic mass is 32.2. The van der Waals surface area contributed by atoms with Crippen LogP contribution in [0.2, 0.25) is 0 Å². The Labute approximate surface area is 98.2 Å². The second-order valence-electron chi connectivity index (χ2n) is 4.27. The van der Waals surface area contributed by atoms with Gasteiger partial charge in [-0.15, -0.1) is 0 Å². The molecule has 98 valence electrons. The third kappa shape index (κ3) is 5.25. The molecule has 0 amide bonds. The fourth-order valence-corrected chi connectivity index (χ4v) is 2.44. The minimum atomic E-state index is -4.59. The molecule has 0 aliphatic rings. The Kier molecular flexibility index (Phi) is 7.15. The zero-order chi connectivity index (χ0) is 12.7. The Morgan fingerprint density at radius 1 is 1.00 bits per heavy atom. The van der Waals surface area contributed by atoms with Crippen LogP contribution in [0.4, 0.5) is 4.39 Å². The van der Waals surface area contributed by atoms with Crippen LogP contribution in [0.25, 0.3) is 0 Å². The summed E-state index contributed by atoms with van der Waals surface area (Å²) in [6, 6.07) is 0. The van der Waals surface area contributed by atoms with Crippen molar-refractivity contribution >= 4 is 10.1 Å². The normalized spacial score (nSPS) is 16.0. The molecule has 1 atom stereocenters. The second-order valence-corrected chi connectivity index (χ2v) is 5.95. The molecule has 5 heteroatoms. The summed E-state index contributed by atoms with van der Waals surface area (Å²) in [6.45, 7) is 3.89. The highest BCUT2D eigenvalue weighted by Crippen LogP contribution is 2.31. The molecule has 1 unspecified atom stereocenters. The Morgan fingerprint density at radius 3 is 1.94 bits per heavy atom. The summed E-state index contributed by atoms with van der Waals surface area (Å²) in [5.74, 6) is 0. The van der Waals surface area contributed by atoms with E-state index in [0.29, 0.717) is 12.8 Å². The van der Waals surface area contributed by atoms with E-state index in [1.54, 1.807) is 0 Å². The molecule has 0 rings (SSSR count). The lowest BCUT2D eigenvalue weighted by atomic mass is 10.1. The summed E-state index contributed by atoms with van der Waals surface area (Å²) in [4.78, 5) is 0. The number of unbranched alkanes of at least 4 members (excludes halogenated alkanes) is 4. The van der Waals surface area contributed by atoms with Crippen molar-refractivity contribution in [1.82, 2.24) is 0 Å². The van der Waals surface area contributed by atoms with E-state index in [1.165, 1.54) is 0 Å². The number of hydrogen-bond acceptors (Lipinski definition) is 2. The van der Waals surface area contributed by atoms with Gasteiger partial charge in [-0.3, -0.25) is 4.55 Å². The summed E-state index contributed by atoms with van der Waals surface area (Å²) in [7, 11) is -4.59. The molecule has 3 nitrogen and oxygen atoms in total. The molecule has 0 radical (unpaired) electrons. The van der Waals surface area contributed by atoms with Crippen LogP contribution in [0.15, 0.2) is 0 Å². The summed E-state index contributed by atoms with van der Waals surface area (Å²) in [6.07, 6.45) is 4.30. The average molecular weight is 254 g/mol. The standard InChI is InChI=1S/C11H23FO3S/c1-3-5-7-8-10-11(12,9-6-4-2)16(13,14)15/h3-10H2,1-2H3,(H,13,14,15). The van der Waals surface area contributed by atoms with Crippen LogP contribution in [0.1, 0.15) is 65.2 Å². The number of alkyl halides is 1. The van der Waals surface area contributed by atoms with E-state index in [2.05, 4.69) is 0 Å². The minimum Gasteiger partial charge on any atom is -0.283 e. The van der Waals surface area contributed by atoms with Gasteiger partial charge in [-0.2, -0.15) is 8.42 Å². The molecule has 0 aromatic rings. The zero-order valence-electron chi connectivity index (χ0n) is 10.2. The fourth-order valence-electron chi connectivity index (χ4n) is 1.64. The van der Waals surface area contributed by atoms with Crippen LogP contribution < -0.4 is 0 Å². The molecule has 0 fully saturated rings. The van der Waals surface area contributed by atoms with E-state index in [-0.39, 0.29) is 12.8 Å².